The maximum absolute atomic E-state index is 12.7. The highest BCUT2D eigenvalue weighted by Gasteiger charge is 2.29. The molecule has 2 amide bonds. The summed E-state index contributed by atoms with van der Waals surface area (Å²) < 4.78 is 0. The monoisotopic (exact) mass is 341 g/mol. The van der Waals surface area contributed by atoms with Gasteiger partial charge in [-0.15, -0.1) is 0 Å². The molecule has 5 heteroatoms. The van der Waals surface area contributed by atoms with E-state index in [9.17, 15) is 9.59 Å². The molecule has 5 nitrogen and oxygen atoms in total. The van der Waals surface area contributed by atoms with E-state index in [1.807, 2.05) is 30.3 Å². The summed E-state index contributed by atoms with van der Waals surface area (Å²) in [5.74, 6) is -0.0253. The van der Waals surface area contributed by atoms with Gasteiger partial charge >= 0.3 is 0 Å². The molecule has 0 saturated carbocycles. The van der Waals surface area contributed by atoms with Crippen molar-refractivity contribution in [2.24, 2.45) is 0 Å². The number of carbonyl (C=O) groups is 2. The molecule has 134 valence electrons. The van der Waals surface area contributed by atoms with Crippen molar-refractivity contribution in [2.45, 2.75) is 45.2 Å². The van der Waals surface area contributed by atoms with Crippen molar-refractivity contribution in [1.82, 2.24) is 15.1 Å². The average Bonchev–Trinajstić information content (AvgIpc) is 2.61. The molecule has 0 aliphatic carbocycles. The molecule has 1 fully saturated rings. The van der Waals surface area contributed by atoms with Crippen molar-refractivity contribution in [3.8, 4) is 0 Å². The number of amides is 2. The van der Waals surface area contributed by atoms with E-state index in [0.717, 1.165) is 43.6 Å². The Hall–Kier alpha value is -2.14. The predicted octanol–water partition coefficient (Wildman–Crippen LogP) is 2.55. The number of nitrogens with zero attached hydrogens (tertiary/aromatic N) is 2. The van der Waals surface area contributed by atoms with Gasteiger partial charge < -0.3 is 15.1 Å². The molecule has 2 aliphatic rings. The number of piperidine rings is 1. The van der Waals surface area contributed by atoms with Crippen molar-refractivity contribution in [3.63, 3.8) is 0 Å². The lowest BCUT2D eigenvalue weighted by molar-refractivity contribution is -0.130. The lowest BCUT2D eigenvalue weighted by Crippen LogP contribution is -2.48. The molecular weight excluding hydrogens is 314 g/mol. The summed E-state index contributed by atoms with van der Waals surface area (Å²) in [4.78, 5) is 28.7. The van der Waals surface area contributed by atoms with Gasteiger partial charge in [0.1, 0.15) is 0 Å². The smallest absolute Gasteiger partial charge is 0.223 e. The van der Waals surface area contributed by atoms with Gasteiger partial charge in [0.25, 0.3) is 0 Å². The third kappa shape index (κ3) is 4.10. The number of nitrogens with one attached hydrogen (secondary N) is 1. The van der Waals surface area contributed by atoms with E-state index in [2.05, 4.69) is 17.1 Å². The number of hydrogen-bond donors (Lipinski definition) is 1. The standard InChI is InChI=1S/C20H27N3O2/c1-3-22-11-6-8-17(14-22)21-20(25)13-19-18-9-5-4-7-16(18)10-12-23(19)15(2)24/h4-5,7,9-10,12,17,19H,3,6,8,11,13-14H2,1-2H3,(H,21,25)/t17-,19+/m0/s1. The molecule has 0 bridgehead atoms. The Kier molecular flexibility index (Phi) is 5.53. The molecule has 1 N–H and O–H groups in total. The first-order chi connectivity index (χ1) is 12.1. The van der Waals surface area contributed by atoms with Gasteiger partial charge in [-0.05, 0) is 43.1 Å². The molecule has 0 aromatic heterocycles. The maximum Gasteiger partial charge on any atom is 0.223 e. The van der Waals surface area contributed by atoms with E-state index in [0.29, 0.717) is 6.42 Å². The van der Waals surface area contributed by atoms with Crippen LogP contribution in [0.3, 0.4) is 0 Å². The summed E-state index contributed by atoms with van der Waals surface area (Å²) in [6.45, 7) is 6.75. The van der Waals surface area contributed by atoms with Crippen LogP contribution in [-0.2, 0) is 9.59 Å². The fourth-order valence-electron chi connectivity index (χ4n) is 3.84. The van der Waals surface area contributed by atoms with Gasteiger partial charge in [-0.1, -0.05) is 31.2 Å². The molecule has 0 unspecified atom stereocenters. The van der Waals surface area contributed by atoms with Crippen LogP contribution in [-0.4, -0.2) is 47.3 Å². The Morgan fingerprint density at radius 1 is 1.28 bits per heavy atom. The number of likely N-dealkylation sites (tertiary alicyclic amines) is 1. The van der Waals surface area contributed by atoms with Crippen molar-refractivity contribution in [1.29, 1.82) is 0 Å². The van der Waals surface area contributed by atoms with Crippen LogP contribution in [0, 0.1) is 0 Å². The first-order valence-electron chi connectivity index (χ1n) is 9.16. The van der Waals surface area contributed by atoms with E-state index in [4.69, 9.17) is 0 Å². The zero-order chi connectivity index (χ0) is 17.8. The number of fused-ring (bicyclic) bond motifs is 1. The number of rotatable bonds is 4. The summed E-state index contributed by atoms with van der Waals surface area (Å²) in [5, 5.41) is 3.18. The van der Waals surface area contributed by atoms with E-state index in [-0.39, 0.29) is 23.9 Å². The van der Waals surface area contributed by atoms with E-state index in [1.54, 1.807) is 18.0 Å². The fraction of sp³-hybridized carbons (Fsp3) is 0.500. The fourth-order valence-corrected chi connectivity index (χ4v) is 3.84. The summed E-state index contributed by atoms with van der Waals surface area (Å²) >= 11 is 0. The van der Waals surface area contributed by atoms with Crippen LogP contribution in [0.15, 0.2) is 30.5 Å². The first-order valence-corrected chi connectivity index (χ1v) is 9.16. The predicted molar refractivity (Wildman–Crippen MR) is 98.6 cm³/mol. The second-order valence-corrected chi connectivity index (χ2v) is 6.89. The quantitative estimate of drug-likeness (QED) is 0.916. The van der Waals surface area contributed by atoms with Crippen LogP contribution in [0.1, 0.15) is 50.3 Å². The van der Waals surface area contributed by atoms with Crippen LogP contribution in [0.5, 0.6) is 0 Å². The molecule has 1 aromatic carbocycles. The van der Waals surface area contributed by atoms with Crippen molar-refractivity contribution in [2.75, 3.05) is 19.6 Å². The highest BCUT2D eigenvalue weighted by molar-refractivity contribution is 5.82. The second kappa shape index (κ2) is 7.83. The van der Waals surface area contributed by atoms with Gasteiger partial charge in [-0.25, -0.2) is 0 Å². The zero-order valence-corrected chi connectivity index (χ0v) is 15.1. The van der Waals surface area contributed by atoms with Gasteiger partial charge in [0, 0.05) is 25.7 Å². The molecule has 3 rings (SSSR count). The number of benzene rings is 1. The Labute approximate surface area is 149 Å². The number of likely N-dealkylation sites (N-methyl/N-ethyl adjacent to an activating group) is 1. The van der Waals surface area contributed by atoms with Crippen LogP contribution in [0.2, 0.25) is 0 Å². The van der Waals surface area contributed by atoms with Crippen molar-refractivity contribution >= 4 is 17.9 Å². The molecule has 2 heterocycles. The Bertz CT molecular complexity index is 671. The largest absolute Gasteiger partial charge is 0.352 e. The summed E-state index contributed by atoms with van der Waals surface area (Å²) in [6, 6.07) is 7.94. The SMILES string of the molecule is CCN1CCC[C@H](NC(=O)C[C@@H]2c3ccccc3C=CN2C(C)=O)C1. The molecule has 1 aromatic rings. The van der Waals surface area contributed by atoms with E-state index >= 15 is 0 Å². The normalized spacial score (nSPS) is 23.2. The van der Waals surface area contributed by atoms with E-state index in [1.165, 1.54) is 0 Å². The molecule has 1 saturated heterocycles. The molecule has 2 atom stereocenters. The summed E-state index contributed by atoms with van der Waals surface area (Å²) in [6.07, 6.45) is 6.17. The van der Waals surface area contributed by atoms with Crippen LogP contribution >= 0.6 is 0 Å². The van der Waals surface area contributed by atoms with Crippen molar-refractivity contribution in [3.05, 3.63) is 41.6 Å². The lowest BCUT2D eigenvalue weighted by atomic mass is 9.93. The summed E-state index contributed by atoms with van der Waals surface area (Å²) in [7, 11) is 0. The highest BCUT2D eigenvalue weighted by Crippen LogP contribution is 2.32. The minimum Gasteiger partial charge on any atom is -0.352 e. The van der Waals surface area contributed by atoms with Crippen LogP contribution in [0.4, 0.5) is 0 Å². The van der Waals surface area contributed by atoms with Gasteiger partial charge in [0.2, 0.25) is 11.8 Å². The first kappa shape index (κ1) is 17.7. The minimum atomic E-state index is -0.232. The third-order valence-electron chi connectivity index (χ3n) is 5.17. The van der Waals surface area contributed by atoms with Crippen LogP contribution in [0.25, 0.3) is 6.08 Å². The molecule has 2 aliphatic heterocycles. The Morgan fingerprint density at radius 2 is 2.08 bits per heavy atom. The van der Waals surface area contributed by atoms with Gasteiger partial charge in [-0.2, -0.15) is 0 Å². The van der Waals surface area contributed by atoms with E-state index < -0.39 is 0 Å². The van der Waals surface area contributed by atoms with Crippen molar-refractivity contribution < 1.29 is 9.59 Å². The van der Waals surface area contributed by atoms with Gasteiger partial charge in [0.05, 0.1) is 12.5 Å². The number of carbonyl (C=O) groups excluding carboxylic acids is 2. The number of hydrogen-bond acceptors (Lipinski definition) is 3. The second-order valence-electron chi connectivity index (χ2n) is 6.89. The zero-order valence-electron chi connectivity index (χ0n) is 15.1. The molecular formula is C20H27N3O2. The molecule has 25 heavy (non-hydrogen) atoms. The Morgan fingerprint density at radius 3 is 2.84 bits per heavy atom. The topological polar surface area (TPSA) is 52.7 Å². The van der Waals surface area contributed by atoms with Crippen LogP contribution < -0.4 is 5.32 Å². The molecule has 0 radical (unpaired) electrons. The molecule has 0 spiro atoms. The Balaban J connectivity index is 1.70. The third-order valence-corrected chi connectivity index (χ3v) is 5.17. The minimum absolute atomic E-state index is 0.0179. The maximum atomic E-state index is 12.7. The summed E-state index contributed by atoms with van der Waals surface area (Å²) in [5.41, 5.74) is 2.11. The average molecular weight is 341 g/mol. The lowest BCUT2D eigenvalue weighted by Gasteiger charge is -2.34. The van der Waals surface area contributed by atoms with Gasteiger partial charge in [-0.3, -0.25) is 9.59 Å². The highest BCUT2D eigenvalue weighted by atomic mass is 16.2. The van der Waals surface area contributed by atoms with Gasteiger partial charge in [0.15, 0.2) is 0 Å².